The Hall–Kier alpha value is -0.720. The van der Waals surface area contributed by atoms with Crippen LogP contribution in [0.1, 0.15) is 16.2 Å². The number of pyridine rings is 1. The quantitative estimate of drug-likeness (QED) is 0.858. The maximum atomic E-state index is 10.8. The van der Waals surface area contributed by atoms with Crippen LogP contribution in [0.5, 0.6) is 0 Å². The second-order valence-corrected chi connectivity index (χ2v) is 6.58. The Kier molecular flexibility index (Phi) is 5.34. The molecular formula is C12H16N2O2S2. The van der Waals surface area contributed by atoms with Crippen LogP contribution in [0.25, 0.3) is 0 Å². The summed E-state index contributed by atoms with van der Waals surface area (Å²) in [5.74, 6) is 2.70. The first-order valence-corrected chi connectivity index (χ1v) is 8.05. The molecule has 1 aliphatic heterocycles. The van der Waals surface area contributed by atoms with Gasteiger partial charge in [0.1, 0.15) is 5.69 Å². The topological polar surface area (TPSA) is 62.2 Å². The van der Waals surface area contributed by atoms with E-state index in [1.165, 1.54) is 23.3 Å². The molecule has 0 radical (unpaired) electrons. The van der Waals surface area contributed by atoms with E-state index >= 15 is 0 Å². The molecule has 0 amide bonds. The summed E-state index contributed by atoms with van der Waals surface area (Å²) in [4.78, 5) is 14.9. The van der Waals surface area contributed by atoms with Crippen LogP contribution < -0.4 is 5.32 Å². The predicted molar refractivity (Wildman–Crippen MR) is 76.5 cm³/mol. The van der Waals surface area contributed by atoms with E-state index in [4.69, 9.17) is 5.11 Å². The summed E-state index contributed by atoms with van der Waals surface area (Å²) < 4.78 is 0. The van der Waals surface area contributed by atoms with Gasteiger partial charge in [0.2, 0.25) is 0 Å². The van der Waals surface area contributed by atoms with Crippen molar-refractivity contribution in [3.05, 3.63) is 29.6 Å². The minimum absolute atomic E-state index is 0.108. The number of carboxylic acid groups (broad SMARTS) is 1. The number of thioether (sulfide) groups is 2. The molecular weight excluding hydrogens is 268 g/mol. The minimum atomic E-state index is -0.976. The highest BCUT2D eigenvalue weighted by atomic mass is 32.2. The Morgan fingerprint density at radius 1 is 1.50 bits per heavy atom. The van der Waals surface area contributed by atoms with Gasteiger partial charge in [0, 0.05) is 35.6 Å². The number of rotatable bonds is 5. The molecule has 2 N–H and O–H groups in total. The van der Waals surface area contributed by atoms with Crippen molar-refractivity contribution in [1.29, 1.82) is 0 Å². The van der Waals surface area contributed by atoms with Crippen molar-refractivity contribution in [3.63, 3.8) is 0 Å². The molecule has 2 rings (SSSR count). The van der Waals surface area contributed by atoms with Crippen molar-refractivity contribution in [3.8, 4) is 0 Å². The minimum Gasteiger partial charge on any atom is -0.477 e. The third kappa shape index (κ3) is 4.19. The first kappa shape index (κ1) is 13.7. The smallest absolute Gasteiger partial charge is 0.354 e. The molecule has 1 atom stereocenters. The Morgan fingerprint density at radius 2 is 2.39 bits per heavy atom. The number of nitrogens with zero attached hydrogens (tertiary/aromatic N) is 1. The highest BCUT2D eigenvalue weighted by Gasteiger charge is 2.13. The standard InChI is InChI=1S/C12H16N2O2S2/c15-12(16)11-3-1-2-9(14-11)6-13-7-10-8-17-4-5-18-10/h1-3,10,13H,4-8H2,(H,15,16). The zero-order chi connectivity index (χ0) is 12.8. The lowest BCUT2D eigenvalue weighted by Gasteiger charge is -2.21. The molecule has 1 aliphatic rings. The Balaban J connectivity index is 1.78. The van der Waals surface area contributed by atoms with E-state index in [0.717, 1.165) is 12.2 Å². The van der Waals surface area contributed by atoms with Crippen molar-refractivity contribution in [2.75, 3.05) is 23.8 Å². The predicted octanol–water partition coefficient (Wildman–Crippen LogP) is 1.72. The average molecular weight is 284 g/mol. The molecule has 98 valence electrons. The van der Waals surface area contributed by atoms with Gasteiger partial charge in [-0.1, -0.05) is 6.07 Å². The van der Waals surface area contributed by atoms with E-state index in [-0.39, 0.29) is 5.69 Å². The van der Waals surface area contributed by atoms with E-state index in [1.807, 2.05) is 29.6 Å². The van der Waals surface area contributed by atoms with Crippen LogP contribution in [0.4, 0.5) is 0 Å². The van der Waals surface area contributed by atoms with Crippen LogP contribution >= 0.6 is 23.5 Å². The van der Waals surface area contributed by atoms with Gasteiger partial charge < -0.3 is 10.4 Å². The lowest BCUT2D eigenvalue weighted by atomic mass is 10.3. The molecule has 1 aromatic rings. The highest BCUT2D eigenvalue weighted by molar-refractivity contribution is 8.06. The molecule has 0 saturated carbocycles. The van der Waals surface area contributed by atoms with Crippen molar-refractivity contribution < 1.29 is 9.90 Å². The lowest BCUT2D eigenvalue weighted by molar-refractivity contribution is 0.0690. The van der Waals surface area contributed by atoms with Crippen LogP contribution in [0.3, 0.4) is 0 Å². The zero-order valence-corrected chi connectivity index (χ0v) is 11.6. The van der Waals surface area contributed by atoms with Gasteiger partial charge in [-0.15, -0.1) is 0 Å². The van der Waals surface area contributed by atoms with Crippen LogP contribution in [0.2, 0.25) is 0 Å². The number of hydrogen-bond acceptors (Lipinski definition) is 5. The van der Waals surface area contributed by atoms with Gasteiger partial charge in [0.15, 0.2) is 0 Å². The van der Waals surface area contributed by atoms with E-state index in [2.05, 4.69) is 10.3 Å². The van der Waals surface area contributed by atoms with E-state index in [0.29, 0.717) is 11.8 Å². The fourth-order valence-corrected chi connectivity index (χ4v) is 4.36. The maximum Gasteiger partial charge on any atom is 0.354 e. The average Bonchev–Trinajstić information content (AvgIpc) is 2.40. The molecule has 1 unspecified atom stereocenters. The molecule has 2 heterocycles. The van der Waals surface area contributed by atoms with Gasteiger partial charge >= 0.3 is 5.97 Å². The third-order valence-electron chi connectivity index (χ3n) is 2.59. The molecule has 0 bridgehead atoms. The lowest BCUT2D eigenvalue weighted by Crippen LogP contribution is -2.29. The van der Waals surface area contributed by atoms with Crippen molar-refractivity contribution >= 4 is 29.5 Å². The van der Waals surface area contributed by atoms with Gasteiger partial charge in [-0.25, -0.2) is 9.78 Å². The van der Waals surface area contributed by atoms with Gasteiger partial charge in [-0.2, -0.15) is 23.5 Å². The highest BCUT2D eigenvalue weighted by Crippen LogP contribution is 2.23. The monoisotopic (exact) mass is 284 g/mol. The van der Waals surface area contributed by atoms with Crippen molar-refractivity contribution in [2.24, 2.45) is 0 Å². The first-order valence-electron chi connectivity index (χ1n) is 5.85. The fraction of sp³-hybridized carbons (Fsp3) is 0.500. The molecule has 0 aliphatic carbocycles. The Morgan fingerprint density at radius 3 is 3.11 bits per heavy atom. The number of carbonyl (C=O) groups is 1. The van der Waals surface area contributed by atoms with Crippen LogP contribution in [0.15, 0.2) is 18.2 Å². The molecule has 1 saturated heterocycles. The van der Waals surface area contributed by atoms with Gasteiger partial charge in [0.05, 0.1) is 5.69 Å². The number of carboxylic acids is 1. The summed E-state index contributed by atoms with van der Waals surface area (Å²) >= 11 is 4.01. The molecule has 0 aromatic carbocycles. The molecule has 1 aromatic heterocycles. The van der Waals surface area contributed by atoms with E-state index in [1.54, 1.807) is 6.07 Å². The first-order chi connectivity index (χ1) is 8.75. The molecule has 6 heteroatoms. The van der Waals surface area contributed by atoms with Crippen molar-refractivity contribution in [2.45, 2.75) is 11.8 Å². The summed E-state index contributed by atoms with van der Waals surface area (Å²) in [5.41, 5.74) is 0.889. The Bertz CT molecular complexity index is 409. The van der Waals surface area contributed by atoms with Crippen LogP contribution in [-0.2, 0) is 6.54 Å². The van der Waals surface area contributed by atoms with E-state index < -0.39 is 5.97 Å². The Labute approximate surface area is 115 Å². The fourth-order valence-electron chi connectivity index (χ4n) is 1.71. The summed E-state index contributed by atoms with van der Waals surface area (Å²) in [6.45, 7) is 1.58. The zero-order valence-electron chi connectivity index (χ0n) is 9.96. The largest absolute Gasteiger partial charge is 0.477 e. The third-order valence-corrected chi connectivity index (χ3v) is 5.43. The van der Waals surface area contributed by atoms with Crippen molar-refractivity contribution in [1.82, 2.24) is 10.3 Å². The summed E-state index contributed by atoms with van der Waals surface area (Å²) in [5, 5.41) is 12.9. The van der Waals surface area contributed by atoms with Crippen LogP contribution in [0, 0.1) is 0 Å². The number of hydrogen-bond donors (Lipinski definition) is 2. The maximum absolute atomic E-state index is 10.8. The molecule has 1 fully saturated rings. The van der Waals surface area contributed by atoms with E-state index in [9.17, 15) is 4.79 Å². The summed E-state index contributed by atoms with van der Waals surface area (Å²) in [7, 11) is 0. The second-order valence-electron chi connectivity index (χ2n) is 4.02. The number of aromatic nitrogens is 1. The molecule has 4 nitrogen and oxygen atoms in total. The van der Waals surface area contributed by atoms with Gasteiger partial charge in [-0.05, 0) is 12.1 Å². The molecule has 18 heavy (non-hydrogen) atoms. The number of aromatic carboxylic acids is 1. The SMILES string of the molecule is O=C(O)c1cccc(CNCC2CSCCS2)n1. The van der Waals surface area contributed by atoms with Gasteiger partial charge in [-0.3, -0.25) is 0 Å². The second kappa shape index (κ2) is 7.01. The number of nitrogens with one attached hydrogen (secondary N) is 1. The van der Waals surface area contributed by atoms with Gasteiger partial charge in [0.25, 0.3) is 0 Å². The molecule has 0 spiro atoms. The summed E-state index contributed by atoms with van der Waals surface area (Å²) in [6, 6.07) is 5.10. The van der Waals surface area contributed by atoms with Crippen LogP contribution in [-0.4, -0.2) is 45.1 Å². The summed E-state index contributed by atoms with van der Waals surface area (Å²) in [6.07, 6.45) is 0. The normalized spacial score (nSPS) is 19.7.